The predicted octanol–water partition coefficient (Wildman–Crippen LogP) is 1.98. The third-order valence-corrected chi connectivity index (χ3v) is 6.51. The summed E-state index contributed by atoms with van der Waals surface area (Å²) in [5.74, 6) is 1.54. The van der Waals surface area contributed by atoms with Crippen LogP contribution in [0.5, 0.6) is 0 Å². The standard InChI is InChI=1S/C15H23N3O2S/c1-21(19,20)12-7-5-11(6-8-12)9-16-15-13-3-2-4-14(13)17-10-18-15/h10-12H,2-9H2,1H3,(H,16,17,18). The van der Waals surface area contributed by atoms with Crippen molar-refractivity contribution in [2.45, 2.75) is 50.2 Å². The van der Waals surface area contributed by atoms with E-state index in [1.54, 1.807) is 6.33 Å². The van der Waals surface area contributed by atoms with E-state index < -0.39 is 9.84 Å². The molecule has 0 radical (unpaired) electrons. The fraction of sp³-hybridized carbons (Fsp3) is 0.733. The minimum atomic E-state index is -2.87. The van der Waals surface area contributed by atoms with Gasteiger partial charge in [-0.3, -0.25) is 0 Å². The lowest BCUT2D eigenvalue weighted by Crippen LogP contribution is -2.29. The van der Waals surface area contributed by atoms with Gasteiger partial charge in [0.2, 0.25) is 0 Å². The van der Waals surface area contributed by atoms with Crippen molar-refractivity contribution in [2.24, 2.45) is 5.92 Å². The maximum absolute atomic E-state index is 11.6. The third kappa shape index (κ3) is 3.36. The van der Waals surface area contributed by atoms with E-state index in [0.29, 0.717) is 5.92 Å². The number of hydrogen-bond donors (Lipinski definition) is 1. The molecule has 0 atom stereocenters. The molecule has 1 fully saturated rings. The number of rotatable bonds is 4. The average Bonchev–Trinajstić information content (AvgIpc) is 2.93. The Morgan fingerprint density at radius 1 is 1.19 bits per heavy atom. The maximum atomic E-state index is 11.6. The van der Waals surface area contributed by atoms with Crippen molar-refractivity contribution in [3.8, 4) is 0 Å². The zero-order valence-electron chi connectivity index (χ0n) is 12.5. The molecule has 0 saturated heterocycles. The van der Waals surface area contributed by atoms with Crippen LogP contribution in [-0.4, -0.2) is 36.4 Å². The smallest absolute Gasteiger partial charge is 0.150 e. The van der Waals surface area contributed by atoms with Crippen LogP contribution in [-0.2, 0) is 22.7 Å². The molecule has 2 aliphatic carbocycles. The van der Waals surface area contributed by atoms with Crippen LogP contribution in [0.4, 0.5) is 5.82 Å². The lowest BCUT2D eigenvalue weighted by molar-refractivity contribution is 0.372. The Morgan fingerprint density at radius 2 is 1.95 bits per heavy atom. The van der Waals surface area contributed by atoms with E-state index in [9.17, 15) is 8.42 Å². The van der Waals surface area contributed by atoms with E-state index in [2.05, 4.69) is 15.3 Å². The van der Waals surface area contributed by atoms with Crippen molar-refractivity contribution in [1.29, 1.82) is 0 Å². The van der Waals surface area contributed by atoms with Crippen molar-refractivity contribution in [2.75, 3.05) is 18.1 Å². The van der Waals surface area contributed by atoms with Crippen LogP contribution in [0.25, 0.3) is 0 Å². The summed E-state index contributed by atoms with van der Waals surface area (Å²) in [4.78, 5) is 8.70. The van der Waals surface area contributed by atoms with E-state index in [1.165, 1.54) is 23.9 Å². The highest BCUT2D eigenvalue weighted by Gasteiger charge is 2.28. The summed E-state index contributed by atoms with van der Waals surface area (Å²) in [7, 11) is -2.87. The Hall–Kier alpha value is -1.17. The predicted molar refractivity (Wildman–Crippen MR) is 83.1 cm³/mol. The van der Waals surface area contributed by atoms with Crippen LogP contribution in [0.2, 0.25) is 0 Å². The molecule has 1 aromatic rings. The highest BCUT2D eigenvalue weighted by atomic mass is 32.2. The quantitative estimate of drug-likeness (QED) is 0.921. The van der Waals surface area contributed by atoms with Crippen LogP contribution in [0.1, 0.15) is 43.4 Å². The molecular formula is C15H23N3O2S. The number of nitrogens with one attached hydrogen (secondary N) is 1. The number of sulfone groups is 1. The van der Waals surface area contributed by atoms with Crippen molar-refractivity contribution < 1.29 is 8.42 Å². The third-order valence-electron chi connectivity index (χ3n) is 4.83. The summed E-state index contributed by atoms with van der Waals surface area (Å²) in [5, 5.41) is 3.34. The summed E-state index contributed by atoms with van der Waals surface area (Å²) in [6, 6.07) is 0. The van der Waals surface area contributed by atoms with Gasteiger partial charge in [0.25, 0.3) is 0 Å². The van der Waals surface area contributed by atoms with Gasteiger partial charge in [-0.1, -0.05) is 0 Å². The zero-order valence-corrected chi connectivity index (χ0v) is 13.3. The molecule has 0 aromatic carbocycles. The summed E-state index contributed by atoms with van der Waals surface area (Å²) in [5.41, 5.74) is 2.47. The molecule has 0 unspecified atom stereocenters. The first kappa shape index (κ1) is 14.8. The first-order valence-electron chi connectivity index (χ1n) is 7.79. The minimum absolute atomic E-state index is 0.128. The summed E-state index contributed by atoms with van der Waals surface area (Å²) in [6.45, 7) is 0.889. The van der Waals surface area contributed by atoms with Crippen LogP contribution in [0, 0.1) is 5.92 Å². The highest BCUT2D eigenvalue weighted by Crippen LogP contribution is 2.30. The minimum Gasteiger partial charge on any atom is -0.369 e. The van der Waals surface area contributed by atoms with Gasteiger partial charge in [0.15, 0.2) is 0 Å². The van der Waals surface area contributed by atoms with Crippen LogP contribution in [0.3, 0.4) is 0 Å². The molecule has 0 bridgehead atoms. The van der Waals surface area contributed by atoms with Crippen molar-refractivity contribution in [3.63, 3.8) is 0 Å². The second-order valence-electron chi connectivity index (χ2n) is 6.35. The largest absolute Gasteiger partial charge is 0.369 e. The fourth-order valence-corrected chi connectivity index (χ4v) is 4.65. The van der Waals surface area contributed by atoms with Gasteiger partial charge in [-0.2, -0.15) is 0 Å². The first-order valence-corrected chi connectivity index (χ1v) is 9.75. The Labute approximate surface area is 126 Å². The monoisotopic (exact) mass is 309 g/mol. The van der Waals surface area contributed by atoms with Gasteiger partial charge in [-0.05, 0) is 50.9 Å². The number of hydrogen-bond acceptors (Lipinski definition) is 5. The van der Waals surface area contributed by atoms with Gasteiger partial charge in [-0.25, -0.2) is 18.4 Å². The van der Waals surface area contributed by atoms with Crippen LogP contribution >= 0.6 is 0 Å². The van der Waals surface area contributed by atoms with Gasteiger partial charge in [-0.15, -0.1) is 0 Å². The molecule has 1 N–H and O–H groups in total. The molecule has 0 amide bonds. The summed E-state index contributed by atoms with van der Waals surface area (Å²) < 4.78 is 23.1. The number of aromatic nitrogens is 2. The molecule has 1 saturated carbocycles. The SMILES string of the molecule is CS(=O)(=O)C1CCC(CNc2ncnc3c2CCC3)CC1. The van der Waals surface area contributed by atoms with Gasteiger partial charge >= 0.3 is 0 Å². The van der Waals surface area contributed by atoms with E-state index in [4.69, 9.17) is 0 Å². The van der Waals surface area contributed by atoms with Crippen LogP contribution < -0.4 is 5.32 Å². The lowest BCUT2D eigenvalue weighted by Gasteiger charge is -2.27. The van der Waals surface area contributed by atoms with Gasteiger partial charge in [0.05, 0.1) is 5.25 Å². The molecule has 5 nitrogen and oxygen atoms in total. The lowest BCUT2D eigenvalue weighted by atomic mass is 9.89. The van der Waals surface area contributed by atoms with Gasteiger partial charge < -0.3 is 5.32 Å². The second-order valence-corrected chi connectivity index (χ2v) is 8.68. The number of anilines is 1. The Kier molecular flexibility index (Phi) is 4.15. The fourth-order valence-electron chi connectivity index (χ4n) is 3.52. The average molecular weight is 309 g/mol. The molecule has 0 spiro atoms. The molecule has 1 aromatic heterocycles. The number of fused-ring (bicyclic) bond motifs is 1. The summed E-state index contributed by atoms with van der Waals surface area (Å²) in [6.07, 6.45) is 9.87. The molecule has 116 valence electrons. The van der Waals surface area contributed by atoms with E-state index >= 15 is 0 Å². The van der Waals surface area contributed by atoms with E-state index in [1.807, 2.05) is 0 Å². The molecule has 1 heterocycles. The van der Waals surface area contributed by atoms with Crippen molar-refractivity contribution in [3.05, 3.63) is 17.6 Å². The van der Waals surface area contributed by atoms with E-state index in [0.717, 1.165) is 50.9 Å². The molecule has 6 heteroatoms. The highest BCUT2D eigenvalue weighted by molar-refractivity contribution is 7.91. The summed E-state index contributed by atoms with van der Waals surface area (Å²) >= 11 is 0. The Bertz CT molecular complexity index is 607. The van der Waals surface area contributed by atoms with Gasteiger partial charge in [0, 0.05) is 24.1 Å². The van der Waals surface area contributed by atoms with Crippen LogP contribution in [0.15, 0.2) is 6.33 Å². The molecule has 21 heavy (non-hydrogen) atoms. The first-order chi connectivity index (χ1) is 10.0. The Morgan fingerprint density at radius 3 is 2.67 bits per heavy atom. The maximum Gasteiger partial charge on any atom is 0.150 e. The van der Waals surface area contributed by atoms with Crippen molar-refractivity contribution >= 4 is 15.7 Å². The number of nitrogens with zero attached hydrogens (tertiary/aromatic N) is 2. The topological polar surface area (TPSA) is 72.0 Å². The molecule has 3 rings (SSSR count). The molecular weight excluding hydrogens is 286 g/mol. The second kappa shape index (κ2) is 5.91. The number of aryl methyl sites for hydroxylation is 1. The Balaban J connectivity index is 1.54. The van der Waals surface area contributed by atoms with Crippen molar-refractivity contribution in [1.82, 2.24) is 9.97 Å². The molecule has 2 aliphatic rings. The van der Waals surface area contributed by atoms with Gasteiger partial charge in [0.1, 0.15) is 22.0 Å². The molecule has 0 aliphatic heterocycles. The zero-order chi connectivity index (χ0) is 14.9. The van der Waals surface area contributed by atoms with E-state index in [-0.39, 0.29) is 5.25 Å². The normalized spacial score (nSPS) is 25.6.